The lowest BCUT2D eigenvalue weighted by molar-refractivity contribution is 0.0510. The summed E-state index contributed by atoms with van der Waals surface area (Å²) < 4.78 is 11.0. The highest BCUT2D eigenvalue weighted by atomic mass is 79.9. The fraction of sp³-hybridized carbons (Fsp3) is 0.312. The van der Waals surface area contributed by atoms with Crippen molar-refractivity contribution in [2.45, 2.75) is 18.9 Å². The third-order valence-electron chi connectivity index (χ3n) is 3.18. The lowest BCUT2D eigenvalue weighted by Gasteiger charge is -2.22. The number of amides is 1. The number of halogens is 1. The van der Waals surface area contributed by atoms with Gasteiger partial charge in [0.05, 0.1) is 24.5 Å². The Bertz CT molecular complexity index is 638. The van der Waals surface area contributed by atoms with Gasteiger partial charge in [-0.3, -0.25) is 4.79 Å². The average molecular weight is 368 g/mol. The van der Waals surface area contributed by atoms with Gasteiger partial charge in [0.15, 0.2) is 0 Å². The van der Waals surface area contributed by atoms with Gasteiger partial charge in [-0.1, -0.05) is 0 Å². The molecule has 1 atom stereocenters. The zero-order valence-corrected chi connectivity index (χ0v) is 14.0. The van der Waals surface area contributed by atoms with Crippen LogP contribution in [0, 0.1) is 0 Å². The maximum atomic E-state index is 12.3. The Morgan fingerprint density at radius 3 is 2.86 bits per heavy atom. The van der Waals surface area contributed by atoms with Gasteiger partial charge in [0.25, 0.3) is 5.91 Å². The molecule has 0 aliphatic rings. The molecule has 2 aromatic rings. The van der Waals surface area contributed by atoms with Gasteiger partial charge < -0.3 is 19.6 Å². The van der Waals surface area contributed by atoms with E-state index in [0.29, 0.717) is 28.0 Å². The topological polar surface area (TPSA) is 71.7 Å². The maximum absolute atomic E-state index is 12.3. The number of hydrogen-bond acceptors (Lipinski definition) is 4. The molecule has 2 rings (SSSR count). The molecule has 0 fully saturated rings. The molecule has 1 aromatic heterocycles. The lowest BCUT2D eigenvalue weighted by Crippen LogP contribution is -2.42. The van der Waals surface area contributed by atoms with Crippen molar-refractivity contribution >= 4 is 21.8 Å². The number of methoxy groups -OCH3 is 1. The first kappa shape index (κ1) is 16.6. The minimum atomic E-state index is -1.10. The van der Waals surface area contributed by atoms with Gasteiger partial charge in [0, 0.05) is 17.4 Å². The second kappa shape index (κ2) is 6.98. The van der Waals surface area contributed by atoms with Crippen molar-refractivity contribution in [1.82, 2.24) is 5.32 Å². The van der Waals surface area contributed by atoms with Gasteiger partial charge in [-0.25, -0.2) is 0 Å². The SMILES string of the molecule is COc1ccc(Br)c(C(=O)NC[C@@](C)(O)Cc2ccco2)c1. The van der Waals surface area contributed by atoms with Crippen LogP contribution in [0.5, 0.6) is 5.75 Å². The molecule has 2 N–H and O–H groups in total. The summed E-state index contributed by atoms with van der Waals surface area (Å²) in [6, 6.07) is 8.69. The molecule has 0 aliphatic carbocycles. The van der Waals surface area contributed by atoms with Crippen molar-refractivity contribution in [1.29, 1.82) is 0 Å². The van der Waals surface area contributed by atoms with E-state index in [4.69, 9.17) is 9.15 Å². The maximum Gasteiger partial charge on any atom is 0.252 e. The zero-order valence-electron chi connectivity index (χ0n) is 12.4. The molecule has 0 bridgehead atoms. The Balaban J connectivity index is 2.00. The summed E-state index contributed by atoms with van der Waals surface area (Å²) in [5, 5.41) is 13.1. The molecule has 0 unspecified atom stereocenters. The van der Waals surface area contributed by atoms with E-state index >= 15 is 0 Å². The van der Waals surface area contributed by atoms with Crippen LogP contribution in [0.3, 0.4) is 0 Å². The molecule has 1 amide bonds. The fourth-order valence-corrected chi connectivity index (χ4v) is 2.45. The van der Waals surface area contributed by atoms with Gasteiger partial charge in [-0.15, -0.1) is 0 Å². The first-order valence-electron chi connectivity index (χ1n) is 6.78. The third kappa shape index (κ3) is 4.35. The Morgan fingerprint density at radius 1 is 1.45 bits per heavy atom. The van der Waals surface area contributed by atoms with Crippen molar-refractivity contribution in [2.75, 3.05) is 13.7 Å². The molecule has 5 nitrogen and oxygen atoms in total. The zero-order chi connectivity index (χ0) is 16.2. The average Bonchev–Trinajstić information content (AvgIpc) is 2.97. The summed E-state index contributed by atoms with van der Waals surface area (Å²) in [5.74, 6) is 0.975. The number of benzene rings is 1. The largest absolute Gasteiger partial charge is 0.497 e. The van der Waals surface area contributed by atoms with Crippen LogP contribution in [-0.2, 0) is 6.42 Å². The molecule has 0 radical (unpaired) electrons. The summed E-state index contributed by atoms with van der Waals surface area (Å²) in [5.41, 5.74) is -0.646. The van der Waals surface area contributed by atoms with Crippen molar-refractivity contribution in [2.24, 2.45) is 0 Å². The molecule has 6 heteroatoms. The summed E-state index contributed by atoms with van der Waals surface area (Å²) in [6.45, 7) is 1.76. The molecule has 118 valence electrons. The molecule has 0 aliphatic heterocycles. The molecule has 1 aromatic carbocycles. The highest BCUT2D eigenvalue weighted by Gasteiger charge is 2.24. The smallest absolute Gasteiger partial charge is 0.252 e. The summed E-state index contributed by atoms with van der Waals surface area (Å²) in [6.07, 6.45) is 1.87. The van der Waals surface area contributed by atoms with E-state index < -0.39 is 5.60 Å². The quantitative estimate of drug-likeness (QED) is 0.823. The molecular weight excluding hydrogens is 350 g/mol. The number of aliphatic hydroxyl groups is 1. The Hall–Kier alpha value is -1.79. The molecule has 22 heavy (non-hydrogen) atoms. The van der Waals surface area contributed by atoms with Gasteiger partial charge in [-0.2, -0.15) is 0 Å². The van der Waals surface area contributed by atoms with E-state index in [2.05, 4.69) is 21.2 Å². The van der Waals surface area contributed by atoms with Gasteiger partial charge in [-0.05, 0) is 53.2 Å². The number of carbonyl (C=O) groups excluding carboxylic acids is 1. The van der Waals surface area contributed by atoms with Gasteiger partial charge in [0.2, 0.25) is 0 Å². The number of ether oxygens (including phenoxy) is 1. The summed E-state index contributed by atoms with van der Waals surface area (Å²) in [7, 11) is 1.54. The normalized spacial score (nSPS) is 13.5. The van der Waals surface area contributed by atoms with Gasteiger partial charge in [0.1, 0.15) is 11.5 Å². The first-order valence-corrected chi connectivity index (χ1v) is 7.57. The van der Waals surface area contributed by atoms with E-state index in [1.165, 1.54) is 0 Å². The number of carbonyl (C=O) groups is 1. The second-order valence-corrected chi connectivity index (χ2v) is 6.14. The molecule has 1 heterocycles. The van der Waals surface area contributed by atoms with E-state index in [9.17, 15) is 9.90 Å². The standard InChI is InChI=1S/C16H18BrNO4/c1-16(20,9-12-4-3-7-22-12)10-18-15(19)13-8-11(21-2)5-6-14(13)17/h3-8,20H,9-10H2,1-2H3,(H,18,19)/t16-/m0/s1. The van der Waals surface area contributed by atoms with Crippen LogP contribution in [-0.4, -0.2) is 30.3 Å². The van der Waals surface area contributed by atoms with E-state index in [0.717, 1.165) is 0 Å². The van der Waals surface area contributed by atoms with Crippen LogP contribution in [0.2, 0.25) is 0 Å². The second-order valence-electron chi connectivity index (χ2n) is 5.28. The monoisotopic (exact) mass is 367 g/mol. The number of hydrogen-bond donors (Lipinski definition) is 2. The van der Waals surface area contributed by atoms with Crippen LogP contribution in [0.4, 0.5) is 0 Å². The summed E-state index contributed by atoms with van der Waals surface area (Å²) in [4.78, 5) is 12.3. The third-order valence-corrected chi connectivity index (χ3v) is 3.87. The first-order chi connectivity index (χ1) is 10.4. The van der Waals surface area contributed by atoms with Crippen LogP contribution in [0.1, 0.15) is 23.0 Å². The number of rotatable bonds is 6. The fourth-order valence-electron chi connectivity index (χ4n) is 2.02. The van der Waals surface area contributed by atoms with Crippen molar-refractivity contribution in [3.63, 3.8) is 0 Å². The molecule has 0 saturated heterocycles. The van der Waals surface area contributed by atoms with Crippen molar-refractivity contribution in [3.8, 4) is 5.75 Å². The Kier molecular flexibility index (Phi) is 5.26. The summed E-state index contributed by atoms with van der Waals surface area (Å²) >= 11 is 3.34. The minimum absolute atomic E-state index is 0.107. The van der Waals surface area contributed by atoms with Crippen LogP contribution in [0.15, 0.2) is 45.5 Å². The predicted molar refractivity (Wildman–Crippen MR) is 86.1 cm³/mol. The Labute approximate surface area is 137 Å². The molecule has 0 saturated carbocycles. The number of furan rings is 1. The van der Waals surface area contributed by atoms with Crippen LogP contribution >= 0.6 is 15.9 Å². The van der Waals surface area contributed by atoms with Crippen LogP contribution < -0.4 is 10.1 Å². The molecular formula is C16H18BrNO4. The van der Waals surface area contributed by atoms with Gasteiger partial charge >= 0.3 is 0 Å². The van der Waals surface area contributed by atoms with Crippen molar-refractivity contribution in [3.05, 3.63) is 52.4 Å². The molecule has 0 spiro atoms. The Morgan fingerprint density at radius 2 is 2.23 bits per heavy atom. The van der Waals surface area contributed by atoms with E-state index in [-0.39, 0.29) is 12.5 Å². The van der Waals surface area contributed by atoms with Crippen LogP contribution in [0.25, 0.3) is 0 Å². The van der Waals surface area contributed by atoms with E-state index in [1.807, 2.05) is 0 Å². The minimum Gasteiger partial charge on any atom is -0.497 e. The lowest BCUT2D eigenvalue weighted by atomic mass is 10.0. The highest BCUT2D eigenvalue weighted by Crippen LogP contribution is 2.22. The predicted octanol–water partition coefficient (Wildman–Crippen LogP) is 2.77. The number of nitrogens with one attached hydrogen (secondary N) is 1. The highest BCUT2D eigenvalue weighted by molar-refractivity contribution is 9.10. The van der Waals surface area contributed by atoms with Crippen molar-refractivity contribution < 1.29 is 19.1 Å². The van der Waals surface area contributed by atoms with E-state index in [1.54, 1.807) is 50.6 Å².